The molecular weight excluding hydrogens is 254 g/mol. The SMILES string of the molecule is CNc1cc(Nc2cnc(C#N)cn2)nnc1Cl. The van der Waals surface area contributed by atoms with Crippen LogP contribution in [-0.2, 0) is 0 Å². The van der Waals surface area contributed by atoms with Crippen LogP contribution in [0.4, 0.5) is 17.3 Å². The molecule has 2 N–H and O–H groups in total. The van der Waals surface area contributed by atoms with Gasteiger partial charge in [-0.3, -0.25) is 0 Å². The summed E-state index contributed by atoms with van der Waals surface area (Å²) >= 11 is 5.81. The first-order chi connectivity index (χ1) is 8.72. The quantitative estimate of drug-likeness (QED) is 0.865. The van der Waals surface area contributed by atoms with E-state index in [1.807, 2.05) is 6.07 Å². The molecule has 0 radical (unpaired) electrons. The maximum absolute atomic E-state index is 8.60. The van der Waals surface area contributed by atoms with Gasteiger partial charge in [-0.15, -0.1) is 10.2 Å². The van der Waals surface area contributed by atoms with E-state index in [0.717, 1.165) is 0 Å². The summed E-state index contributed by atoms with van der Waals surface area (Å²) in [5, 5.41) is 22.3. The summed E-state index contributed by atoms with van der Waals surface area (Å²) < 4.78 is 0. The van der Waals surface area contributed by atoms with Crippen molar-refractivity contribution in [2.45, 2.75) is 0 Å². The van der Waals surface area contributed by atoms with Gasteiger partial charge in [0.05, 0.1) is 18.1 Å². The van der Waals surface area contributed by atoms with Crippen molar-refractivity contribution in [2.75, 3.05) is 17.7 Å². The molecule has 0 aliphatic heterocycles. The van der Waals surface area contributed by atoms with Crippen LogP contribution < -0.4 is 10.6 Å². The number of rotatable bonds is 3. The van der Waals surface area contributed by atoms with Gasteiger partial charge in [-0.1, -0.05) is 11.6 Å². The lowest BCUT2D eigenvalue weighted by Gasteiger charge is -2.06. The zero-order chi connectivity index (χ0) is 13.0. The molecular formula is C10H8ClN7. The number of aromatic nitrogens is 4. The summed E-state index contributed by atoms with van der Waals surface area (Å²) in [5.74, 6) is 0.940. The van der Waals surface area contributed by atoms with Crippen molar-refractivity contribution in [2.24, 2.45) is 0 Å². The second-order valence-electron chi connectivity index (χ2n) is 3.21. The zero-order valence-electron chi connectivity index (χ0n) is 9.35. The molecule has 0 aliphatic carbocycles. The third kappa shape index (κ3) is 2.61. The summed E-state index contributed by atoms with van der Waals surface area (Å²) in [5.41, 5.74) is 0.898. The Hall–Kier alpha value is -2.46. The second kappa shape index (κ2) is 5.25. The van der Waals surface area contributed by atoms with E-state index in [0.29, 0.717) is 17.3 Å². The van der Waals surface area contributed by atoms with E-state index >= 15 is 0 Å². The van der Waals surface area contributed by atoms with Crippen LogP contribution in [0.2, 0.25) is 5.15 Å². The maximum Gasteiger partial charge on any atom is 0.174 e. The fourth-order valence-corrected chi connectivity index (χ4v) is 1.38. The molecule has 2 heterocycles. The van der Waals surface area contributed by atoms with Crippen LogP contribution in [0.3, 0.4) is 0 Å². The van der Waals surface area contributed by atoms with E-state index in [2.05, 4.69) is 30.8 Å². The van der Waals surface area contributed by atoms with Gasteiger partial charge >= 0.3 is 0 Å². The van der Waals surface area contributed by atoms with Gasteiger partial charge in [0.15, 0.2) is 16.7 Å². The van der Waals surface area contributed by atoms with Crippen LogP contribution >= 0.6 is 11.6 Å². The lowest BCUT2D eigenvalue weighted by atomic mass is 10.4. The lowest BCUT2D eigenvalue weighted by molar-refractivity contribution is 1.03. The highest BCUT2D eigenvalue weighted by atomic mass is 35.5. The highest BCUT2D eigenvalue weighted by molar-refractivity contribution is 6.31. The van der Waals surface area contributed by atoms with Crippen LogP contribution in [0.15, 0.2) is 18.5 Å². The molecule has 0 aromatic carbocycles. The first-order valence-corrected chi connectivity index (χ1v) is 5.31. The molecule has 0 aliphatic rings. The van der Waals surface area contributed by atoms with Gasteiger partial charge in [0.25, 0.3) is 0 Å². The molecule has 2 rings (SSSR count). The molecule has 7 nitrogen and oxygen atoms in total. The fraction of sp³-hybridized carbons (Fsp3) is 0.100. The standard InChI is InChI=1S/C10H8ClN7/c1-13-7-2-8(17-18-10(7)11)16-9-5-14-6(3-12)4-15-9/h2,4-5H,1H3,(H2,13,15,16,17). The normalized spacial score (nSPS) is 9.61. The number of hydrogen-bond donors (Lipinski definition) is 2. The maximum atomic E-state index is 8.60. The lowest BCUT2D eigenvalue weighted by Crippen LogP contribution is -2.01. The number of nitrogens with one attached hydrogen (secondary N) is 2. The van der Waals surface area contributed by atoms with Crippen molar-refractivity contribution in [3.63, 3.8) is 0 Å². The van der Waals surface area contributed by atoms with Crippen LogP contribution in [0, 0.1) is 11.3 Å². The van der Waals surface area contributed by atoms with Gasteiger partial charge in [0, 0.05) is 13.1 Å². The molecule has 0 atom stereocenters. The van der Waals surface area contributed by atoms with Gasteiger partial charge < -0.3 is 10.6 Å². The average Bonchev–Trinajstić information content (AvgIpc) is 2.42. The van der Waals surface area contributed by atoms with Gasteiger partial charge in [-0.2, -0.15) is 5.26 Å². The van der Waals surface area contributed by atoms with E-state index in [1.165, 1.54) is 12.4 Å². The van der Waals surface area contributed by atoms with Gasteiger partial charge in [-0.25, -0.2) is 9.97 Å². The Kier molecular flexibility index (Phi) is 3.50. The summed E-state index contributed by atoms with van der Waals surface area (Å²) in [6.07, 6.45) is 2.80. The Morgan fingerprint density at radius 1 is 1.22 bits per heavy atom. The molecule has 0 spiro atoms. The van der Waals surface area contributed by atoms with Crippen LogP contribution in [0.1, 0.15) is 5.69 Å². The molecule has 2 aromatic rings. The number of nitrogens with zero attached hydrogens (tertiary/aromatic N) is 5. The minimum Gasteiger partial charge on any atom is -0.385 e. The molecule has 18 heavy (non-hydrogen) atoms. The third-order valence-corrected chi connectivity index (χ3v) is 2.32. The molecule has 0 fully saturated rings. The van der Waals surface area contributed by atoms with Crippen molar-refractivity contribution in [1.29, 1.82) is 5.26 Å². The third-order valence-electron chi connectivity index (χ3n) is 2.04. The first kappa shape index (κ1) is 12.0. The summed E-state index contributed by atoms with van der Waals surface area (Å²) in [7, 11) is 1.73. The molecule has 90 valence electrons. The molecule has 0 amide bonds. The average molecular weight is 262 g/mol. The molecule has 0 saturated heterocycles. The molecule has 0 unspecified atom stereocenters. The predicted octanol–water partition coefficient (Wildman–Crippen LogP) is 1.58. The van der Waals surface area contributed by atoms with Crippen molar-refractivity contribution in [3.8, 4) is 6.07 Å². The minimum absolute atomic E-state index is 0.249. The van der Waals surface area contributed by atoms with Crippen molar-refractivity contribution >= 4 is 28.9 Å². The highest BCUT2D eigenvalue weighted by Crippen LogP contribution is 2.21. The fourth-order valence-electron chi connectivity index (χ4n) is 1.19. The van der Waals surface area contributed by atoms with E-state index in [9.17, 15) is 0 Å². The van der Waals surface area contributed by atoms with Crippen LogP contribution in [-0.4, -0.2) is 27.2 Å². The number of halogens is 1. The van der Waals surface area contributed by atoms with E-state index in [1.54, 1.807) is 13.1 Å². The molecule has 2 aromatic heterocycles. The minimum atomic E-state index is 0.249. The largest absolute Gasteiger partial charge is 0.385 e. The zero-order valence-corrected chi connectivity index (χ0v) is 10.1. The molecule has 8 heteroatoms. The van der Waals surface area contributed by atoms with E-state index in [-0.39, 0.29) is 10.8 Å². The Morgan fingerprint density at radius 2 is 2.06 bits per heavy atom. The van der Waals surface area contributed by atoms with Crippen LogP contribution in [0.5, 0.6) is 0 Å². The second-order valence-corrected chi connectivity index (χ2v) is 3.57. The Morgan fingerprint density at radius 3 is 2.67 bits per heavy atom. The number of anilines is 3. The number of hydrogen-bond acceptors (Lipinski definition) is 7. The van der Waals surface area contributed by atoms with Crippen molar-refractivity contribution in [3.05, 3.63) is 29.3 Å². The predicted molar refractivity (Wildman–Crippen MR) is 66.6 cm³/mol. The Bertz CT molecular complexity index is 590. The van der Waals surface area contributed by atoms with E-state index < -0.39 is 0 Å². The molecule has 0 saturated carbocycles. The van der Waals surface area contributed by atoms with Crippen LogP contribution in [0.25, 0.3) is 0 Å². The Balaban J connectivity index is 2.20. The summed E-state index contributed by atoms with van der Waals surface area (Å²) in [6, 6.07) is 3.58. The van der Waals surface area contributed by atoms with Crippen molar-refractivity contribution < 1.29 is 0 Å². The van der Waals surface area contributed by atoms with E-state index in [4.69, 9.17) is 16.9 Å². The summed E-state index contributed by atoms with van der Waals surface area (Å²) in [4.78, 5) is 7.88. The molecule has 0 bridgehead atoms. The number of nitriles is 1. The monoisotopic (exact) mass is 261 g/mol. The Labute approximate surface area is 108 Å². The highest BCUT2D eigenvalue weighted by Gasteiger charge is 2.04. The topological polar surface area (TPSA) is 99.4 Å². The first-order valence-electron chi connectivity index (χ1n) is 4.93. The van der Waals surface area contributed by atoms with Gasteiger partial charge in [0.1, 0.15) is 11.9 Å². The van der Waals surface area contributed by atoms with Gasteiger partial charge in [0.2, 0.25) is 0 Å². The van der Waals surface area contributed by atoms with Crippen molar-refractivity contribution in [1.82, 2.24) is 20.2 Å². The smallest absolute Gasteiger partial charge is 0.174 e. The summed E-state index contributed by atoms with van der Waals surface area (Å²) in [6.45, 7) is 0. The van der Waals surface area contributed by atoms with Gasteiger partial charge in [-0.05, 0) is 0 Å².